The van der Waals surface area contributed by atoms with Gasteiger partial charge < -0.3 is 14.8 Å². The molecule has 0 spiro atoms. The summed E-state index contributed by atoms with van der Waals surface area (Å²) in [5, 5.41) is 3.12. The SMILES string of the molecule is Cc1cc2c(cc1C(=O)C1CNC1)OCCO2. The Balaban J connectivity index is 1.95. The maximum atomic E-state index is 12.2. The third-order valence-electron chi connectivity index (χ3n) is 3.31. The molecule has 4 heteroatoms. The third-order valence-corrected chi connectivity index (χ3v) is 3.31. The summed E-state index contributed by atoms with van der Waals surface area (Å²) in [5.41, 5.74) is 1.73. The van der Waals surface area contributed by atoms with Gasteiger partial charge in [-0.1, -0.05) is 0 Å². The van der Waals surface area contributed by atoms with E-state index >= 15 is 0 Å². The van der Waals surface area contributed by atoms with Crippen LogP contribution in [0.2, 0.25) is 0 Å². The molecule has 1 saturated heterocycles. The van der Waals surface area contributed by atoms with E-state index in [4.69, 9.17) is 9.47 Å². The first-order valence-corrected chi connectivity index (χ1v) is 5.91. The van der Waals surface area contributed by atoms with Crippen LogP contribution in [0.15, 0.2) is 12.1 Å². The van der Waals surface area contributed by atoms with Crippen molar-refractivity contribution in [3.63, 3.8) is 0 Å². The fourth-order valence-corrected chi connectivity index (χ4v) is 2.15. The second kappa shape index (κ2) is 4.04. The molecule has 2 heterocycles. The van der Waals surface area contributed by atoms with Gasteiger partial charge >= 0.3 is 0 Å². The first-order chi connectivity index (χ1) is 8.25. The van der Waals surface area contributed by atoms with E-state index in [1.54, 1.807) is 0 Å². The van der Waals surface area contributed by atoms with E-state index in [-0.39, 0.29) is 11.7 Å². The number of ketones is 1. The molecule has 0 bridgehead atoms. The van der Waals surface area contributed by atoms with Crippen LogP contribution in [-0.4, -0.2) is 32.1 Å². The summed E-state index contributed by atoms with van der Waals surface area (Å²) in [6.45, 7) is 4.64. The molecular formula is C13H15NO3. The van der Waals surface area contributed by atoms with Crippen LogP contribution in [0.5, 0.6) is 11.5 Å². The van der Waals surface area contributed by atoms with Gasteiger partial charge in [-0.15, -0.1) is 0 Å². The Morgan fingerprint density at radius 1 is 1.24 bits per heavy atom. The predicted molar refractivity (Wildman–Crippen MR) is 62.9 cm³/mol. The number of fused-ring (bicyclic) bond motifs is 1. The number of hydrogen-bond acceptors (Lipinski definition) is 4. The van der Waals surface area contributed by atoms with Crippen molar-refractivity contribution in [2.75, 3.05) is 26.3 Å². The Kier molecular flexibility index (Phi) is 2.52. The molecule has 4 nitrogen and oxygen atoms in total. The highest BCUT2D eigenvalue weighted by molar-refractivity contribution is 6.00. The molecule has 2 aliphatic heterocycles. The van der Waals surface area contributed by atoms with E-state index in [1.807, 2.05) is 19.1 Å². The lowest BCUT2D eigenvalue weighted by Gasteiger charge is -2.27. The van der Waals surface area contributed by atoms with Gasteiger partial charge in [0.2, 0.25) is 0 Å². The highest BCUT2D eigenvalue weighted by Gasteiger charge is 2.28. The molecule has 0 amide bonds. The summed E-state index contributed by atoms with van der Waals surface area (Å²) in [6, 6.07) is 3.72. The summed E-state index contributed by atoms with van der Waals surface area (Å²) < 4.78 is 11.0. The number of Topliss-reactive ketones (excluding diaryl/α,β-unsaturated/α-hetero) is 1. The van der Waals surface area contributed by atoms with Crippen molar-refractivity contribution >= 4 is 5.78 Å². The fraction of sp³-hybridized carbons (Fsp3) is 0.462. The van der Waals surface area contributed by atoms with E-state index in [1.165, 1.54) is 0 Å². The van der Waals surface area contributed by atoms with Gasteiger partial charge in [-0.3, -0.25) is 4.79 Å². The smallest absolute Gasteiger partial charge is 0.168 e. The number of ether oxygens (including phenoxy) is 2. The van der Waals surface area contributed by atoms with Crippen LogP contribution in [0.3, 0.4) is 0 Å². The zero-order chi connectivity index (χ0) is 11.8. The van der Waals surface area contributed by atoms with Crippen LogP contribution in [0.1, 0.15) is 15.9 Å². The Labute approximate surface area is 99.9 Å². The molecular weight excluding hydrogens is 218 g/mol. The Morgan fingerprint density at radius 3 is 2.47 bits per heavy atom. The molecule has 1 aromatic carbocycles. The zero-order valence-electron chi connectivity index (χ0n) is 9.79. The molecule has 17 heavy (non-hydrogen) atoms. The average molecular weight is 233 g/mol. The topological polar surface area (TPSA) is 47.6 Å². The van der Waals surface area contributed by atoms with Gasteiger partial charge in [0.15, 0.2) is 17.3 Å². The minimum Gasteiger partial charge on any atom is -0.486 e. The number of aryl methyl sites for hydroxylation is 1. The summed E-state index contributed by atoms with van der Waals surface area (Å²) in [7, 11) is 0. The second-order valence-electron chi connectivity index (χ2n) is 4.53. The molecule has 0 saturated carbocycles. The van der Waals surface area contributed by atoms with Gasteiger partial charge in [0.05, 0.1) is 0 Å². The number of hydrogen-bond donors (Lipinski definition) is 1. The monoisotopic (exact) mass is 233 g/mol. The van der Waals surface area contributed by atoms with Gasteiger partial charge in [-0.2, -0.15) is 0 Å². The largest absolute Gasteiger partial charge is 0.486 e. The van der Waals surface area contributed by atoms with E-state index < -0.39 is 0 Å². The van der Waals surface area contributed by atoms with E-state index in [0.717, 1.165) is 30.0 Å². The van der Waals surface area contributed by atoms with Crippen molar-refractivity contribution < 1.29 is 14.3 Å². The van der Waals surface area contributed by atoms with Crippen molar-refractivity contribution in [2.24, 2.45) is 5.92 Å². The highest BCUT2D eigenvalue weighted by Crippen LogP contribution is 2.34. The molecule has 1 aromatic rings. The number of carbonyl (C=O) groups is 1. The zero-order valence-corrected chi connectivity index (χ0v) is 9.79. The standard InChI is InChI=1S/C13H15NO3/c1-8-4-11-12(17-3-2-16-11)5-10(8)13(15)9-6-14-7-9/h4-5,9,14H,2-3,6-7H2,1H3. The summed E-state index contributed by atoms with van der Waals surface area (Å²) in [5.74, 6) is 1.77. The molecule has 1 N–H and O–H groups in total. The van der Waals surface area contributed by atoms with Gasteiger partial charge in [0.25, 0.3) is 0 Å². The molecule has 0 aliphatic carbocycles. The lowest BCUT2D eigenvalue weighted by molar-refractivity contribution is 0.0876. The minimum atomic E-state index is 0.122. The Hall–Kier alpha value is -1.55. The maximum Gasteiger partial charge on any atom is 0.168 e. The molecule has 0 atom stereocenters. The van der Waals surface area contributed by atoms with Crippen LogP contribution in [0, 0.1) is 12.8 Å². The fourth-order valence-electron chi connectivity index (χ4n) is 2.15. The molecule has 3 rings (SSSR count). The van der Waals surface area contributed by atoms with Crippen LogP contribution < -0.4 is 14.8 Å². The molecule has 0 aromatic heterocycles. The molecule has 90 valence electrons. The molecule has 0 unspecified atom stereocenters. The van der Waals surface area contributed by atoms with Gasteiger partial charge in [0, 0.05) is 24.6 Å². The van der Waals surface area contributed by atoms with Crippen molar-refractivity contribution in [3.8, 4) is 11.5 Å². The minimum absolute atomic E-state index is 0.122. The van der Waals surface area contributed by atoms with Crippen LogP contribution in [-0.2, 0) is 0 Å². The van der Waals surface area contributed by atoms with Crippen LogP contribution >= 0.6 is 0 Å². The average Bonchev–Trinajstić information content (AvgIpc) is 2.25. The van der Waals surface area contributed by atoms with Crippen LogP contribution in [0.4, 0.5) is 0 Å². The Morgan fingerprint density at radius 2 is 1.88 bits per heavy atom. The van der Waals surface area contributed by atoms with E-state index in [2.05, 4.69) is 5.32 Å². The van der Waals surface area contributed by atoms with Crippen molar-refractivity contribution in [1.29, 1.82) is 0 Å². The quantitative estimate of drug-likeness (QED) is 0.779. The maximum absolute atomic E-state index is 12.2. The molecule has 0 radical (unpaired) electrons. The first kappa shape index (κ1) is 10.6. The number of carbonyl (C=O) groups excluding carboxylic acids is 1. The van der Waals surface area contributed by atoms with E-state index in [0.29, 0.717) is 19.0 Å². The first-order valence-electron chi connectivity index (χ1n) is 5.91. The molecule has 1 fully saturated rings. The normalized spacial score (nSPS) is 18.6. The Bertz CT molecular complexity index is 466. The number of nitrogens with one attached hydrogen (secondary N) is 1. The van der Waals surface area contributed by atoms with Crippen molar-refractivity contribution in [3.05, 3.63) is 23.3 Å². The van der Waals surface area contributed by atoms with E-state index in [9.17, 15) is 4.79 Å². The summed E-state index contributed by atoms with van der Waals surface area (Å²) in [4.78, 5) is 12.2. The van der Waals surface area contributed by atoms with Crippen LogP contribution in [0.25, 0.3) is 0 Å². The highest BCUT2D eigenvalue weighted by atomic mass is 16.6. The summed E-state index contributed by atoms with van der Waals surface area (Å²) in [6.07, 6.45) is 0. The van der Waals surface area contributed by atoms with Gasteiger partial charge in [-0.25, -0.2) is 0 Å². The third kappa shape index (κ3) is 1.78. The second-order valence-corrected chi connectivity index (χ2v) is 4.53. The van der Waals surface area contributed by atoms with Gasteiger partial charge in [0.1, 0.15) is 13.2 Å². The number of rotatable bonds is 2. The molecule has 2 aliphatic rings. The predicted octanol–water partition coefficient (Wildman–Crippen LogP) is 1.17. The lowest BCUT2D eigenvalue weighted by Crippen LogP contribution is -2.46. The lowest BCUT2D eigenvalue weighted by atomic mass is 9.90. The number of benzene rings is 1. The van der Waals surface area contributed by atoms with Gasteiger partial charge in [-0.05, 0) is 24.6 Å². The summed E-state index contributed by atoms with van der Waals surface area (Å²) >= 11 is 0. The van der Waals surface area contributed by atoms with Crippen molar-refractivity contribution in [1.82, 2.24) is 5.32 Å². The van der Waals surface area contributed by atoms with Crippen molar-refractivity contribution in [2.45, 2.75) is 6.92 Å².